The first-order valence-corrected chi connectivity index (χ1v) is 14.6. The van der Waals surface area contributed by atoms with Gasteiger partial charge in [0.25, 0.3) is 10.1 Å². The van der Waals surface area contributed by atoms with Gasteiger partial charge in [0.15, 0.2) is 11.9 Å². The molecule has 2 aromatic carbocycles. The van der Waals surface area contributed by atoms with Crippen molar-refractivity contribution in [1.82, 2.24) is 16.0 Å². The topological polar surface area (TPSA) is 291 Å². The van der Waals surface area contributed by atoms with Gasteiger partial charge in [-0.1, -0.05) is 42.5 Å². The number of phenols is 1. The zero-order valence-corrected chi connectivity index (χ0v) is 24.0. The van der Waals surface area contributed by atoms with E-state index in [9.17, 15) is 27.9 Å². The number of rotatable bonds is 16. The van der Waals surface area contributed by atoms with Crippen molar-refractivity contribution in [2.45, 2.75) is 43.8 Å². The minimum absolute atomic E-state index is 0.0229. The van der Waals surface area contributed by atoms with Crippen LogP contribution in [0.25, 0.3) is 0 Å². The Bertz CT molecular complexity index is 1390. The van der Waals surface area contributed by atoms with Crippen molar-refractivity contribution >= 4 is 39.8 Å². The van der Waals surface area contributed by atoms with E-state index in [2.05, 4.69) is 25.9 Å². The van der Waals surface area contributed by atoms with Crippen molar-refractivity contribution in [2.24, 2.45) is 32.9 Å². The Morgan fingerprint density at radius 2 is 1.40 bits per heavy atom. The summed E-state index contributed by atoms with van der Waals surface area (Å²) < 4.78 is 31.4. The van der Waals surface area contributed by atoms with Crippen LogP contribution in [-0.2, 0) is 37.3 Å². The van der Waals surface area contributed by atoms with Crippen molar-refractivity contribution in [3.05, 3.63) is 65.7 Å². The number of amides is 3. The van der Waals surface area contributed by atoms with Crippen LogP contribution in [0.4, 0.5) is 0 Å². The normalized spacial score (nSPS) is 13.0. The summed E-state index contributed by atoms with van der Waals surface area (Å²) in [6, 6.07) is 11.0. The zero-order valence-electron chi connectivity index (χ0n) is 23.2. The Kier molecular flexibility index (Phi) is 13.2. The molecule has 0 aliphatic rings. The second-order valence-corrected chi connectivity index (χ2v) is 10.9. The fourth-order valence-electron chi connectivity index (χ4n) is 3.89. The van der Waals surface area contributed by atoms with E-state index >= 15 is 0 Å². The number of nitrogens with two attached hydrogens (primary N) is 4. The number of nitrogens with one attached hydrogen (secondary N) is 3. The van der Waals surface area contributed by atoms with Crippen LogP contribution in [0.1, 0.15) is 24.0 Å². The molecule has 0 radical (unpaired) electrons. The quantitative estimate of drug-likeness (QED) is 0.0420. The first-order chi connectivity index (χ1) is 20.2. The predicted molar refractivity (Wildman–Crippen MR) is 160 cm³/mol. The average molecular weight is 620 g/mol. The maximum atomic E-state index is 13.5. The van der Waals surface area contributed by atoms with Crippen molar-refractivity contribution < 1.29 is 32.5 Å². The van der Waals surface area contributed by atoms with E-state index in [4.69, 9.17) is 27.5 Å². The van der Waals surface area contributed by atoms with E-state index in [0.717, 1.165) is 0 Å². The van der Waals surface area contributed by atoms with Gasteiger partial charge in [0.05, 0.1) is 0 Å². The van der Waals surface area contributed by atoms with Gasteiger partial charge < -0.3 is 44.0 Å². The van der Waals surface area contributed by atoms with Crippen LogP contribution < -0.4 is 38.9 Å². The SMILES string of the molecule is NC(N)=NCCC[C@@H](NC(=O)[C@H](Cc1ccc(O)cc1)N=C(N)N)C(=O)N[C@@H](Cc1ccccc1)C(=O)NCS(=O)(=O)O. The van der Waals surface area contributed by atoms with E-state index in [-0.39, 0.29) is 49.9 Å². The highest BCUT2D eigenvalue weighted by Crippen LogP contribution is 2.13. The summed E-state index contributed by atoms with van der Waals surface area (Å²) in [6.45, 7) is 0.134. The Morgan fingerprint density at radius 3 is 1.98 bits per heavy atom. The lowest BCUT2D eigenvalue weighted by atomic mass is 10.0. The number of carbonyl (C=O) groups is 3. The van der Waals surface area contributed by atoms with Crippen LogP contribution >= 0.6 is 0 Å². The van der Waals surface area contributed by atoms with Crippen LogP contribution in [0.3, 0.4) is 0 Å². The summed E-state index contributed by atoms with van der Waals surface area (Å²) >= 11 is 0. The van der Waals surface area contributed by atoms with Crippen LogP contribution in [0.5, 0.6) is 5.75 Å². The van der Waals surface area contributed by atoms with Gasteiger partial charge in [-0.15, -0.1) is 0 Å². The molecule has 0 fully saturated rings. The maximum Gasteiger partial charge on any atom is 0.283 e. The Morgan fingerprint density at radius 1 is 0.791 bits per heavy atom. The van der Waals surface area contributed by atoms with Gasteiger partial charge in [-0.05, 0) is 36.1 Å². The van der Waals surface area contributed by atoms with Crippen LogP contribution in [0.15, 0.2) is 64.6 Å². The molecule has 0 heterocycles. The summed E-state index contributed by atoms with van der Waals surface area (Å²) in [6.07, 6.45) is 0.281. The third-order valence-corrected chi connectivity index (χ3v) is 6.40. The van der Waals surface area contributed by atoms with Gasteiger partial charge in [-0.25, -0.2) is 4.99 Å². The number of aromatic hydroxyl groups is 1. The van der Waals surface area contributed by atoms with Gasteiger partial charge in [0.1, 0.15) is 29.8 Å². The molecule has 0 saturated carbocycles. The highest BCUT2D eigenvalue weighted by molar-refractivity contribution is 7.85. The molecular formula is C26H37N9O7S. The molecule has 0 aromatic heterocycles. The van der Waals surface area contributed by atoms with E-state index in [1.807, 2.05) is 0 Å². The first kappa shape index (κ1) is 34.3. The third kappa shape index (κ3) is 13.5. The number of benzene rings is 2. The number of guanidine groups is 2. The predicted octanol–water partition coefficient (Wildman–Crippen LogP) is -2.20. The summed E-state index contributed by atoms with van der Waals surface area (Å²) in [7, 11) is -4.54. The Labute approximate surface area is 248 Å². The molecule has 17 heteroatoms. The number of nitrogens with zero attached hydrogens (tertiary/aromatic N) is 2. The standard InChI is InChI=1S/C26H37N9O7S/c27-25(28)31-12-4-7-19(33-24(39)21(35-26(29)30)14-17-8-10-18(36)11-9-17)23(38)34-20(13-16-5-2-1-3-6-16)22(37)32-15-43(40,41)42/h1-3,5-6,8-11,19-21,36H,4,7,12-15H2,(H,32,37)(H,33,39)(H,34,38)(H4,27,28,31)(H4,29,30,35)(H,40,41,42)/t19-,20+,21+/m1/s1. The van der Waals surface area contributed by atoms with E-state index < -0.39 is 51.8 Å². The molecule has 0 unspecified atom stereocenters. The zero-order chi connectivity index (χ0) is 32.0. The lowest BCUT2D eigenvalue weighted by molar-refractivity contribution is -0.132. The molecule has 0 bridgehead atoms. The van der Waals surface area contributed by atoms with Gasteiger partial charge in [-0.2, -0.15) is 8.42 Å². The molecule has 0 saturated heterocycles. The highest BCUT2D eigenvalue weighted by atomic mass is 32.2. The summed E-state index contributed by atoms with van der Waals surface area (Å²) in [5.74, 6) is -3.94. The molecule has 43 heavy (non-hydrogen) atoms. The van der Waals surface area contributed by atoms with Crippen LogP contribution in [0, 0.1) is 0 Å². The molecule has 0 aliphatic carbocycles. The number of hydrogen-bond donors (Lipinski definition) is 9. The largest absolute Gasteiger partial charge is 0.508 e. The number of hydrogen-bond acceptors (Lipinski definition) is 8. The van der Waals surface area contributed by atoms with Crippen LogP contribution in [0.2, 0.25) is 0 Å². The molecule has 2 aromatic rings. The molecule has 3 amide bonds. The maximum absolute atomic E-state index is 13.5. The number of phenolic OH excluding ortho intramolecular Hbond substituents is 1. The monoisotopic (exact) mass is 619 g/mol. The minimum atomic E-state index is -4.54. The van der Waals surface area contributed by atoms with E-state index in [0.29, 0.717) is 11.1 Å². The third-order valence-electron chi connectivity index (χ3n) is 5.90. The van der Waals surface area contributed by atoms with E-state index in [1.165, 1.54) is 12.1 Å². The number of aliphatic imine (C=N–C) groups is 2. The van der Waals surface area contributed by atoms with Crippen LogP contribution in [-0.4, -0.2) is 78.3 Å². The summed E-state index contributed by atoms with van der Waals surface area (Å²) in [5.41, 5.74) is 23.1. The minimum Gasteiger partial charge on any atom is -0.508 e. The molecule has 3 atom stereocenters. The molecule has 0 spiro atoms. The van der Waals surface area contributed by atoms with Crippen molar-refractivity contribution in [3.63, 3.8) is 0 Å². The van der Waals surface area contributed by atoms with Gasteiger partial charge in [0, 0.05) is 19.4 Å². The van der Waals surface area contributed by atoms with Gasteiger partial charge in [-0.3, -0.25) is 23.9 Å². The van der Waals surface area contributed by atoms with Crippen molar-refractivity contribution in [1.29, 1.82) is 0 Å². The molecule has 13 N–H and O–H groups in total. The lowest BCUT2D eigenvalue weighted by Crippen LogP contribution is -2.56. The molecule has 0 aliphatic heterocycles. The second kappa shape index (κ2) is 16.5. The fraction of sp³-hybridized carbons (Fsp3) is 0.346. The lowest BCUT2D eigenvalue weighted by Gasteiger charge is -2.24. The average Bonchev–Trinajstić information content (AvgIpc) is 2.93. The Hall–Kier alpha value is -4.90. The second-order valence-electron chi connectivity index (χ2n) is 9.47. The van der Waals surface area contributed by atoms with Crippen molar-refractivity contribution in [2.75, 3.05) is 12.4 Å². The Balaban J connectivity index is 2.30. The van der Waals surface area contributed by atoms with Gasteiger partial charge >= 0.3 is 0 Å². The van der Waals surface area contributed by atoms with Gasteiger partial charge in [0.2, 0.25) is 17.7 Å². The summed E-state index contributed by atoms with van der Waals surface area (Å²) in [5, 5.41) is 16.8. The fourth-order valence-corrected chi connectivity index (χ4v) is 4.21. The smallest absolute Gasteiger partial charge is 0.283 e. The summed E-state index contributed by atoms with van der Waals surface area (Å²) in [4.78, 5) is 47.5. The molecule has 16 nitrogen and oxygen atoms in total. The molecular weight excluding hydrogens is 582 g/mol. The highest BCUT2D eigenvalue weighted by Gasteiger charge is 2.29. The molecule has 2 rings (SSSR count). The first-order valence-electron chi connectivity index (χ1n) is 13.0. The number of carbonyl (C=O) groups excluding carboxylic acids is 3. The molecule has 234 valence electrons. The van der Waals surface area contributed by atoms with Crippen molar-refractivity contribution in [3.8, 4) is 5.75 Å². The van der Waals surface area contributed by atoms with E-state index in [1.54, 1.807) is 42.5 Å².